The second-order valence-electron chi connectivity index (χ2n) is 4.74. The number of aliphatic hydroxyl groups excluding tert-OH is 1. The molecule has 0 unspecified atom stereocenters. The Kier molecular flexibility index (Phi) is 3.65. The molecule has 0 amide bonds. The molecule has 0 radical (unpaired) electrons. The van der Waals surface area contributed by atoms with Gasteiger partial charge < -0.3 is 10.0 Å². The minimum atomic E-state index is -0.120. The van der Waals surface area contributed by atoms with Gasteiger partial charge in [0.2, 0.25) is 0 Å². The van der Waals surface area contributed by atoms with Gasteiger partial charge in [-0.3, -0.25) is 0 Å². The van der Waals surface area contributed by atoms with Gasteiger partial charge in [0.1, 0.15) is 0 Å². The molecule has 1 fully saturated rings. The number of anilines is 1. The summed E-state index contributed by atoms with van der Waals surface area (Å²) in [4.78, 5) is 2.23. The fourth-order valence-electron chi connectivity index (χ4n) is 2.45. The number of hydrogen-bond donors (Lipinski definition) is 1. The number of nitriles is 1. The van der Waals surface area contributed by atoms with Gasteiger partial charge in [0.05, 0.1) is 17.7 Å². The summed E-state index contributed by atoms with van der Waals surface area (Å²) in [6.07, 6.45) is 3.69. The third-order valence-electron chi connectivity index (χ3n) is 3.60. The Morgan fingerprint density at radius 3 is 2.65 bits per heavy atom. The Morgan fingerprint density at radius 1 is 1.29 bits per heavy atom. The van der Waals surface area contributed by atoms with Crippen molar-refractivity contribution in [1.82, 2.24) is 0 Å². The van der Waals surface area contributed by atoms with Crippen LogP contribution in [-0.2, 0) is 0 Å². The van der Waals surface area contributed by atoms with E-state index in [9.17, 15) is 5.11 Å². The molecule has 1 aliphatic carbocycles. The van der Waals surface area contributed by atoms with Crippen molar-refractivity contribution in [1.29, 1.82) is 5.26 Å². The first-order valence-corrected chi connectivity index (χ1v) is 6.12. The zero-order valence-corrected chi connectivity index (χ0v) is 10.1. The maximum Gasteiger partial charge on any atom is 0.0992 e. The highest BCUT2D eigenvalue weighted by atomic mass is 16.3. The van der Waals surface area contributed by atoms with Crippen molar-refractivity contribution in [2.45, 2.75) is 37.8 Å². The van der Waals surface area contributed by atoms with Crippen molar-refractivity contribution in [2.24, 2.45) is 0 Å². The molecule has 0 aromatic heterocycles. The van der Waals surface area contributed by atoms with Gasteiger partial charge in [-0.05, 0) is 43.9 Å². The van der Waals surface area contributed by atoms with Crippen LogP contribution >= 0.6 is 0 Å². The SMILES string of the molecule is CN(c1cccc(C#N)c1)C1CCC(O)CC1. The highest BCUT2D eigenvalue weighted by Crippen LogP contribution is 2.26. The molecule has 1 aromatic carbocycles. The first-order valence-electron chi connectivity index (χ1n) is 6.12. The molecular weight excluding hydrogens is 212 g/mol. The smallest absolute Gasteiger partial charge is 0.0992 e. The minimum Gasteiger partial charge on any atom is -0.393 e. The summed E-state index contributed by atoms with van der Waals surface area (Å²) < 4.78 is 0. The fourth-order valence-corrected chi connectivity index (χ4v) is 2.45. The van der Waals surface area contributed by atoms with Gasteiger partial charge in [0.25, 0.3) is 0 Å². The van der Waals surface area contributed by atoms with Crippen molar-refractivity contribution < 1.29 is 5.11 Å². The van der Waals surface area contributed by atoms with E-state index in [2.05, 4.69) is 18.0 Å². The number of benzene rings is 1. The maximum atomic E-state index is 9.50. The van der Waals surface area contributed by atoms with Gasteiger partial charge in [-0.2, -0.15) is 5.26 Å². The van der Waals surface area contributed by atoms with Gasteiger partial charge in [-0.1, -0.05) is 6.07 Å². The lowest BCUT2D eigenvalue weighted by atomic mass is 9.92. The van der Waals surface area contributed by atoms with Crippen molar-refractivity contribution in [2.75, 3.05) is 11.9 Å². The average Bonchev–Trinajstić information content (AvgIpc) is 2.39. The molecule has 0 saturated heterocycles. The molecule has 3 nitrogen and oxygen atoms in total. The summed E-state index contributed by atoms with van der Waals surface area (Å²) in [5, 5.41) is 18.4. The number of aliphatic hydroxyl groups is 1. The van der Waals surface area contributed by atoms with E-state index in [4.69, 9.17) is 5.26 Å². The summed E-state index contributed by atoms with van der Waals surface area (Å²) in [7, 11) is 2.07. The summed E-state index contributed by atoms with van der Waals surface area (Å²) in [6, 6.07) is 10.3. The van der Waals surface area contributed by atoms with Crippen LogP contribution in [0.4, 0.5) is 5.69 Å². The number of rotatable bonds is 2. The number of hydrogen-bond acceptors (Lipinski definition) is 3. The van der Waals surface area contributed by atoms with Gasteiger partial charge in [0.15, 0.2) is 0 Å². The Hall–Kier alpha value is -1.53. The highest BCUT2D eigenvalue weighted by Gasteiger charge is 2.22. The van der Waals surface area contributed by atoms with Crippen LogP contribution in [0.25, 0.3) is 0 Å². The summed E-state index contributed by atoms with van der Waals surface area (Å²) in [5.41, 5.74) is 1.79. The molecular formula is C14H18N2O. The lowest BCUT2D eigenvalue weighted by molar-refractivity contribution is 0.122. The van der Waals surface area contributed by atoms with Crippen LogP contribution in [0.15, 0.2) is 24.3 Å². The highest BCUT2D eigenvalue weighted by molar-refractivity contribution is 5.51. The monoisotopic (exact) mass is 230 g/mol. The molecule has 1 aromatic rings. The van der Waals surface area contributed by atoms with Crippen LogP contribution < -0.4 is 4.90 Å². The normalized spacial score (nSPS) is 24.1. The van der Waals surface area contributed by atoms with Crippen LogP contribution in [0.2, 0.25) is 0 Å². The van der Waals surface area contributed by atoms with Crippen molar-refractivity contribution in [3.05, 3.63) is 29.8 Å². The standard InChI is InChI=1S/C14H18N2O/c1-16(12-5-7-14(17)8-6-12)13-4-2-3-11(9-13)10-15/h2-4,9,12,14,17H,5-8H2,1H3. The molecule has 0 atom stereocenters. The van der Waals surface area contributed by atoms with E-state index < -0.39 is 0 Å². The summed E-state index contributed by atoms with van der Waals surface area (Å²) in [5.74, 6) is 0. The lowest BCUT2D eigenvalue weighted by Gasteiger charge is -2.34. The van der Waals surface area contributed by atoms with Gasteiger partial charge in [0, 0.05) is 18.8 Å². The van der Waals surface area contributed by atoms with Gasteiger partial charge in [-0.25, -0.2) is 0 Å². The van der Waals surface area contributed by atoms with E-state index in [1.54, 1.807) is 0 Å². The molecule has 0 spiro atoms. The molecule has 3 heteroatoms. The van der Waals surface area contributed by atoms with Crippen molar-refractivity contribution in [3.63, 3.8) is 0 Å². The van der Waals surface area contributed by atoms with E-state index in [-0.39, 0.29) is 6.10 Å². The summed E-state index contributed by atoms with van der Waals surface area (Å²) >= 11 is 0. The summed E-state index contributed by atoms with van der Waals surface area (Å²) in [6.45, 7) is 0. The molecule has 90 valence electrons. The van der Waals surface area contributed by atoms with E-state index in [1.165, 1.54) is 0 Å². The maximum absolute atomic E-state index is 9.50. The third kappa shape index (κ3) is 2.78. The van der Waals surface area contributed by atoms with Crippen LogP contribution in [0.3, 0.4) is 0 Å². The molecule has 0 aliphatic heterocycles. The topological polar surface area (TPSA) is 47.3 Å². The van der Waals surface area contributed by atoms with E-state index >= 15 is 0 Å². The Labute approximate surface area is 102 Å². The molecule has 17 heavy (non-hydrogen) atoms. The van der Waals surface area contributed by atoms with Crippen LogP contribution in [-0.4, -0.2) is 24.3 Å². The largest absolute Gasteiger partial charge is 0.393 e. The Bertz CT molecular complexity index is 416. The zero-order valence-electron chi connectivity index (χ0n) is 10.1. The second-order valence-corrected chi connectivity index (χ2v) is 4.74. The zero-order chi connectivity index (χ0) is 12.3. The minimum absolute atomic E-state index is 0.120. The van der Waals surface area contributed by atoms with E-state index in [0.717, 1.165) is 31.4 Å². The van der Waals surface area contributed by atoms with Crippen LogP contribution in [0.1, 0.15) is 31.2 Å². The lowest BCUT2D eigenvalue weighted by Crippen LogP contribution is -2.36. The average molecular weight is 230 g/mol. The van der Waals surface area contributed by atoms with Crippen molar-refractivity contribution in [3.8, 4) is 6.07 Å². The Balaban J connectivity index is 2.08. The third-order valence-corrected chi connectivity index (χ3v) is 3.60. The molecule has 0 bridgehead atoms. The molecule has 1 aliphatic rings. The van der Waals surface area contributed by atoms with Gasteiger partial charge in [-0.15, -0.1) is 0 Å². The van der Waals surface area contributed by atoms with Crippen LogP contribution in [0.5, 0.6) is 0 Å². The predicted octanol–water partition coefficient (Wildman–Crippen LogP) is 2.30. The van der Waals surface area contributed by atoms with Crippen molar-refractivity contribution >= 4 is 5.69 Å². The fraction of sp³-hybridized carbons (Fsp3) is 0.500. The van der Waals surface area contributed by atoms with E-state index in [0.29, 0.717) is 11.6 Å². The predicted molar refractivity (Wildman–Crippen MR) is 67.8 cm³/mol. The molecule has 1 N–H and O–H groups in total. The number of nitrogens with zero attached hydrogens (tertiary/aromatic N) is 2. The van der Waals surface area contributed by atoms with E-state index in [1.807, 2.05) is 24.3 Å². The second kappa shape index (κ2) is 5.20. The molecule has 0 heterocycles. The first-order chi connectivity index (χ1) is 8.20. The Morgan fingerprint density at radius 2 is 2.00 bits per heavy atom. The molecule has 2 rings (SSSR count). The van der Waals surface area contributed by atoms with Crippen LogP contribution in [0, 0.1) is 11.3 Å². The van der Waals surface area contributed by atoms with Gasteiger partial charge >= 0.3 is 0 Å². The first kappa shape index (κ1) is 11.9. The molecule has 1 saturated carbocycles. The quantitative estimate of drug-likeness (QED) is 0.848.